The van der Waals surface area contributed by atoms with E-state index in [0.717, 1.165) is 13.2 Å². The van der Waals surface area contributed by atoms with Crippen LogP contribution in [0.5, 0.6) is 0 Å². The maximum atomic E-state index is 5.27. The van der Waals surface area contributed by atoms with Crippen molar-refractivity contribution in [3.8, 4) is 0 Å². The topological polar surface area (TPSA) is 30.5 Å². The first kappa shape index (κ1) is 8.48. The summed E-state index contributed by atoms with van der Waals surface area (Å²) in [5.74, 6) is 0.582. The fourth-order valence-corrected chi connectivity index (χ4v) is 2.02. The number of hydrogen-bond acceptors (Lipinski definition) is 3. The summed E-state index contributed by atoms with van der Waals surface area (Å²) >= 11 is 0. The van der Waals surface area contributed by atoms with Crippen molar-refractivity contribution >= 4 is 0 Å². The Bertz CT molecular complexity index is 112. The minimum atomic E-state index is 0.489. The van der Waals surface area contributed by atoms with Gasteiger partial charge in [0.15, 0.2) is 0 Å². The minimum Gasteiger partial charge on any atom is -0.355 e. The van der Waals surface area contributed by atoms with Crippen LogP contribution in [0.3, 0.4) is 0 Å². The summed E-state index contributed by atoms with van der Waals surface area (Å²) < 4.78 is 10.5. The lowest BCUT2D eigenvalue weighted by atomic mass is 9.93. The number of piperidine rings is 1. The Kier molecular flexibility index (Phi) is 2.98. The molecule has 1 unspecified atom stereocenters. The molecule has 0 spiro atoms. The molecule has 0 amide bonds. The van der Waals surface area contributed by atoms with E-state index in [4.69, 9.17) is 9.47 Å². The minimum absolute atomic E-state index is 0.489. The summed E-state index contributed by atoms with van der Waals surface area (Å²) in [5, 5.41) is 3.53. The van der Waals surface area contributed by atoms with E-state index in [2.05, 4.69) is 5.32 Å². The summed E-state index contributed by atoms with van der Waals surface area (Å²) in [6.07, 6.45) is 3.97. The van der Waals surface area contributed by atoms with Gasteiger partial charge >= 0.3 is 0 Å². The van der Waals surface area contributed by atoms with Crippen molar-refractivity contribution in [1.29, 1.82) is 0 Å². The molecule has 0 aromatic carbocycles. The summed E-state index contributed by atoms with van der Waals surface area (Å²) in [4.78, 5) is 0. The van der Waals surface area contributed by atoms with E-state index in [9.17, 15) is 0 Å². The van der Waals surface area contributed by atoms with Gasteiger partial charge in [0.25, 0.3) is 0 Å². The van der Waals surface area contributed by atoms with E-state index in [1.165, 1.54) is 25.8 Å². The fourth-order valence-electron chi connectivity index (χ4n) is 2.02. The van der Waals surface area contributed by atoms with Gasteiger partial charge in [0.1, 0.15) is 6.79 Å². The molecule has 0 bridgehead atoms. The molecule has 70 valence electrons. The average molecular weight is 171 g/mol. The highest BCUT2D eigenvalue weighted by Gasteiger charge is 2.25. The van der Waals surface area contributed by atoms with Crippen LogP contribution in [0.4, 0.5) is 0 Å². The molecule has 1 N–H and O–H groups in total. The normalized spacial score (nSPS) is 33.5. The number of nitrogens with one attached hydrogen (secondary N) is 1. The average Bonchev–Trinajstić information content (AvgIpc) is 2.21. The van der Waals surface area contributed by atoms with Crippen LogP contribution in [0.25, 0.3) is 0 Å². The zero-order valence-corrected chi connectivity index (χ0v) is 7.42. The van der Waals surface area contributed by atoms with Crippen LogP contribution < -0.4 is 5.32 Å². The first-order valence-corrected chi connectivity index (χ1v) is 4.86. The molecule has 2 aliphatic heterocycles. The van der Waals surface area contributed by atoms with Gasteiger partial charge in [0.05, 0.1) is 13.2 Å². The maximum absolute atomic E-state index is 5.27. The smallest absolute Gasteiger partial charge is 0.146 e. The first-order chi connectivity index (χ1) is 5.97. The maximum Gasteiger partial charge on any atom is 0.146 e. The van der Waals surface area contributed by atoms with Gasteiger partial charge in [-0.2, -0.15) is 0 Å². The van der Waals surface area contributed by atoms with Crippen LogP contribution in [0.2, 0.25) is 0 Å². The zero-order chi connectivity index (χ0) is 8.23. The molecule has 0 saturated carbocycles. The Morgan fingerprint density at radius 2 is 1.92 bits per heavy atom. The number of ether oxygens (including phenoxy) is 2. The van der Waals surface area contributed by atoms with Crippen LogP contribution >= 0.6 is 0 Å². The first-order valence-electron chi connectivity index (χ1n) is 4.86. The van der Waals surface area contributed by atoms with Gasteiger partial charge < -0.3 is 14.8 Å². The van der Waals surface area contributed by atoms with Gasteiger partial charge in [-0.25, -0.2) is 0 Å². The highest BCUT2D eigenvalue weighted by Crippen LogP contribution is 2.18. The van der Waals surface area contributed by atoms with Crippen molar-refractivity contribution in [2.45, 2.75) is 25.3 Å². The molecular formula is C9H17NO2. The van der Waals surface area contributed by atoms with Crippen LogP contribution in [-0.4, -0.2) is 32.6 Å². The van der Waals surface area contributed by atoms with Gasteiger partial charge in [0, 0.05) is 12.0 Å². The SMILES string of the molecule is C1CCC(C2COCOC2)NC1. The van der Waals surface area contributed by atoms with Crippen LogP contribution in [0.1, 0.15) is 19.3 Å². The molecule has 2 heterocycles. The number of hydrogen-bond donors (Lipinski definition) is 1. The molecule has 2 saturated heterocycles. The molecule has 0 radical (unpaired) electrons. The van der Waals surface area contributed by atoms with Crippen molar-refractivity contribution in [2.75, 3.05) is 26.6 Å². The van der Waals surface area contributed by atoms with Gasteiger partial charge in [-0.3, -0.25) is 0 Å². The standard InChI is InChI=1S/C9H17NO2/c1-2-4-10-9(3-1)8-5-11-7-12-6-8/h8-10H,1-7H2. The summed E-state index contributed by atoms with van der Waals surface area (Å²) in [5.41, 5.74) is 0. The zero-order valence-electron chi connectivity index (χ0n) is 7.42. The van der Waals surface area contributed by atoms with Gasteiger partial charge in [-0.1, -0.05) is 6.42 Å². The second-order valence-electron chi connectivity index (χ2n) is 3.68. The lowest BCUT2D eigenvalue weighted by Crippen LogP contribution is -2.45. The summed E-state index contributed by atoms with van der Waals surface area (Å²) in [7, 11) is 0. The van der Waals surface area contributed by atoms with E-state index in [-0.39, 0.29) is 0 Å². The predicted molar refractivity (Wildman–Crippen MR) is 45.9 cm³/mol. The van der Waals surface area contributed by atoms with Crippen molar-refractivity contribution in [3.05, 3.63) is 0 Å². The molecular weight excluding hydrogens is 154 g/mol. The molecule has 2 rings (SSSR count). The van der Waals surface area contributed by atoms with Crippen molar-refractivity contribution in [2.24, 2.45) is 5.92 Å². The molecule has 0 aromatic rings. The third kappa shape index (κ3) is 1.97. The Hall–Kier alpha value is -0.120. The van der Waals surface area contributed by atoms with Crippen LogP contribution in [0.15, 0.2) is 0 Å². The molecule has 2 fully saturated rings. The summed E-state index contributed by atoms with van der Waals surface area (Å²) in [6.45, 7) is 3.40. The molecule has 2 aliphatic rings. The van der Waals surface area contributed by atoms with Gasteiger partial charge in [0.2, 0.25) is 0 Å². The van der Waals surface area contributed by atoms with Crippen molar-refractivity contribution in [1.82, 2.24) is 5.32 Å². The third-order valence-electron chi connectivity index (χ3n) is 2.75. The molecule has 12 heavy (non-hydrogen) atoms. The quantitative estimate of drug-likeness (QED) is 0.631. The molecule has 0 aliphatic carbocycles. The Morgan fingerprint density at radius 1 is 1.08 bits per heavy atom. The Labute approximate surface area is 73.4 Å². The second-order valence-corrected chi connectivity index (χ2v) is 3.68. The lowest BCUT2D eigenvalue weighted by Gasteiger charge is -2.33. The van der Waals surface area contributed by atoms with E-state index in [1.54, 1.807) is 0 Å². The second kappa shape index (κ2) is 4.21. The lowest BCUT2D eigenvalue weighted by molar-refractivity contribution is -0.133. The van der Waals surface area contributed by atoms with E-state index >= 15 is 0 Å². The molecule has 3 nitrogen and oxygen atoms in total. The van der Waals surface area contributed by atoms with Crippen LogP contribution in [0, 0.1) is 5.92 Å². The molecule has 1 atom stereocenters. The van der Waals surface area contributed by atoms with E-state index in [0.29, 0.717) is 18.8 Å². The van der Waals surface area contributed by atoms with E-state index < -0.39 is 0 Å². The van der Waals surface area contributed by atoms with Gasteiger partial charge in [-0.15, -0.1) is 0 Å². The predicted octanol–water partition coefficient (Wildman–Crippen LogP) is 0.749. The highest BCUT2D eigenvalue weighted by molar-refractivity contribution is 4.80. The Morgan fingerprint density at radius 3 is 2.58 bits per heavy atom. The summed E-state index contributed by atoms with van der Waals surface area (Å²) in [6, 6.07) is 0.638. The number of rotatable bonds is 1. The largest absolute Gasteiger partial charge is 0.355 e. The van der Waals surface area contributed by atoms with E-state index in [1.807, 2.05) is 0 Å². The Balaban J connectivity index is 1.80. The van der Waals surface area contributed by atoms with Gasteiger partial charge in [-0.05, 0) is 19.4 Å². The third-order valence-corrected chi connectivity index (χ3v) is 2.75. The van der Waals surface area contributed by atoms with Crippen molar-refractivity contribution in [3.63, 3.8) is 0 Å². The molecule has 0 aromatic heterocycles. The van der Waals surface area contributed by atoms with Crippen LogP contribution in [-0.2, 0) is 9.47 Å². The fraction of sp³-hybridized carbons (Fsp3) is 1.00. The van der Waals surface area contributed by atoms with Crippen molar-refractivity contribution < 1.29 is 9.47 Å². The molecule has 3 heteroatoms. The monoisotopic (exact) mass is 171 g/mol. The highest BCUT2D eigenvalue weighted by atomic mass is 16.7.